The minimum atomic E-state index is -0.632. The van der Waals surface area contributed by atoms with Crippen molar-refractivity contribution in [3.63, 3.8) is 0 Å². The highest BCUT2D eigenvalue weighted by atomic mass is 16.6. The van der Waals surface area contributed by atoms with E-state index < -0.39 is 36.2 Å². The van der Waals surface area contributed by atoms with Crippen molar-refractivity contribution in [2.24, 2.45) is 5.92 Å². The Labute approximate surface area is 148 Å². The normalized spacial score (nSPS) is 35.0. The second-order valence-electron chi connectivity index (χ2n) is 6.75. The molecule has 0 aromatic heterocycles. The predicted octanol–water partition coefficient (Wildman–Crippen LogP) is 3.01. The molecule has 0 aromatic carbocycles. The van der Waals surface area contributed by atoms with E-state index in [2.05, 4.69) is 6.58 Å². The number of aliphatic hydroxyl groups is 1. The van der Waals surface area contributed by atoms with Gasteiger partial charge in [-0.15, -0.1) is 0 Å². The van der Waals surface area contributed by atoms with Crippen LogP contribution in [0.4, 0.5) is 0 Å². The number of carbonyl (C=O) groups excluding carboxylic acids is 2. The van der Waals surface area contributed by atoms with Crippen LogP contribution >= 0.6 is 0 Å². The third-order valence-electron chi connectivity index (χ3n) is 4.84. The van der Waals surface area contributed by atoms with Gasteiger partial charge in [0.2, 0.25) is 0 Å². The van der Waals surface area contributed by atoms with Gasteiger partial charge in [0.05, 0.1) is 12.0 Å². The first-order valence-corrected chi connectivity index (χ1v) is 8.50. The number of aliphatic hydroxyl groups excluding tert-OH is 1. The summed E-state index contributed by atoms with van der Waals surface area (Å²) in [4.78, 5) is 24.3. The third kappa shape index (κ3) is 4.28. The van der Waals surface area contributed by atoms with Gasteiger partial charge in [0.15, 0.2) is 0 Å². The molecule has 2 aliphatic rings. The second kappa shape index (κ2) is 7.83. The van der Waals surface area contributed by atoms with Gasteiger partial charge in [0.1, 0.15) is 12.2 Å². The van der Waals surface area contributed by atoms with Crippen molar-refractivity contribution in [2.75, 3.05) is 0 Å². The van der Waals surface area contributed by atoms with Crippen LogP contribution in [0.25, 0.3) is 0 Å². The van der Waals surface area contributed by atoms with E-state index in [1.165, 1.54) is 0 Å². The van der Waals surface area contributed by atoms with Gasteiger partial charge >= 0.3 is 11.9 Å². The van der Waals surface area contributed by atoms with Crippen molar-refractivity contribution in [1.29, 1.82) is 0 Å². The minimum absolute atomic E-state index is 0.299. The zero-order valence-corrected chi connectivity index (χ0v) is 15.2. The molecule has 4 atom stereocenters. The smallest absolute Gasteiger partial charge is 0.334 e. The summed E-state index contributed by atoms with van der Waals surface area (Å²) in [5.41, 5.74) is 2.51. The van der Waals surface area contributed by atoms with E-state index in [1.54, 1.807) is 32.9 Å². The van der Waals surface area contributed by atoms with Crippen LogP contribution in [-0.4, -0.2) is 35.4 Å². The number of allylic oxidation sites excluding steroid dienone is 1. The fraction of sp³-hybridized carbons (Fsp3) is 0.500. The Morgan fingerprint density at radius 1 is 1.44 bits per heavy atom. The van der Waals surface area contributed by atoms with E-state index in [0.717, 1.165) is 11.1 Å². The Bertz CT molecular complexity index is 668. The van der Waals surface area contributed by atoms with Crippen LogP contribution in [-0.2, 0) is 19.1 Å². The summed E-state index contributed by atoms with van der Waals surface area (Å²) in [6.45, 7) is 11.0. The topological polar surface area (TPSA) is 72.8 Å². The van der Waals surface area contributed by atoms with E-state index in [1.807, 2.05) is 13.0 Å². The lowest BCUT2D eigenvalue weighted by Gasteiger charge is -2.28. The fourth-order valence-electron chi connectivity index (χ4n) is 3.04. The van der Waals surface area contributed by atoms with Gasteiger partial charge in [-0.1, -0.05) is 24.3 Å². The zero-order chi connectivity index (χ0) is 18.7. The molecule has 25 heavy (non-hydrogen) atoms. The molecule has 0 radical (unpaired) electrons. The Morgan fingerprint density at radius 3 is 2.76 bits per heavy atom. The molecule has 2 rings (SSSR count). The van der Waals surface area contributed by atoms with Crippen LogP contribution < -0.4 is 0 Å². The molecule has 1 aliphatic carbocycles. The highest BCUT2D eigenvalue weighted by molar-refractivity contribution is 5.92. The Morgan fingerprint density at radius 2 is 2.12 bits per heavy atom. The molecular weight excluding hydrogens is 320 g/mol. The number of fused-ring (bicyclic) bond motifs is 1. The summed E-state index contributed by atoms with van der Waals surface area (Å²) in [7, 11) is 0. The Kier molecular flexibility index (Phi) is 6.01. The van der Waals surface area contributed by atoms with Crippen molar-refractivity contribution < 1.29 is 24.2 Å². The average Bonchev–Trinajstić information content (AvgIpc) is 2.84. The Balaban J connectivity index is 2.42. The van der Waals surface area contributed by atoms with Crippen molar-refractivity contribution in [1.82, 2.24) is 0 Å². The van der Waals surface area contributed by atoms with Gasteiger partial charge in [0, 0.05) is 17.6 Å². The third-order valence-corrected chi connectivity index (χ3v) is 4.84. The zero-order valence-electron chi connectivity index (χ0n) is 15.2. The minimum Gasteiger partial charge on any atom is -0.458 e. The first kappa shape index (κ1) is 19.2. The largest absolute Gasteiger partial charge is 0.458 e. The molecular formula is C20H26O5. The van der Waals surface area contributed by atoms with E-state index in [9.17, 15) is 14.7 Å². The molecule has 0 unspecified atom stereocenters. The molecule has 1 fully saturated rings. The van der Waals surface area contributed by atoms with Gasteiger partial charge < -0.3 is 14.6 Å². The quantitative estimate of drug-likeness (QED) is 0.473. The van der Waals surface area contributed by atoms with Crippen LogP contribution in [0.15, 0.2) is 47.1 Å². The molecule has 0 amide bonds. The molecule has 5 nitrogen and oxygen atoms in total. The van der Waals surface area contributed by atoms with Crippen LogP contribution in [0.5, 0.6) is 0 Å². The van der Waals surface area contributed by atoms with Gasteiger partial charge in [0.25, 0.3) is 0 Å². The fourth-order valence-corrected chi connectivity index (χ4v) is 3.04. The molecule has 0 aromatic rings. The summed E-state index contributed by atoms with van der Waals surface area (Å²) in [5.74, 6) is -1.37. The molecule has 0 bridgehead atoms. The highest BCUT2D eigenvalue weighted by Gasteiger charge is 2.44. The highest BCUT2D eigenvalue weighted by Crippen LogP contribution is 2.36. The van der Waals surface area contributed by atoms with E-state index >= 15 is 0 Å². The first-order valence-electron chi connectivity index (χ1n) is 8.50. The summed E-state index contributed by atoms with van der Waals surface area (Å²) in [5, 5.41) is 10.2. The first-order chi connectivity index (χ1) is 11.7. The number of carbonyl (C=O) groups is 2. The lowest BCUT2D eigenvalue weighted by molar-refractivity contribution is -0.147. The van der Waals surface area contributed by atoms with Crippen molar-refractivity contribution in [3.8, 4) is 0 Å². The van der Waals surface area contributed by atoms with Crippen LogP contribution in [0.2, 0.25) is 0 Å². The standard InChI is InChI=1S/C20H26O5/c1-6-12(3)19(22)24-16-9-11(2)7-8-15(21)13(4)10-17-18(16)14(5)20(23)25-17/h6-7,10,15-18,21H,5,8-9H2,1-4H3/b11-7+,12-6-,13-10+/t15-,16-,17-,18+/m1/s1. The van der Waals surface area contributed by atoms with E-state index in [4.69, 9.17) is 9.47 Å². The number of rotatable bonds is 2. The SMILES string of the molecule is C=C1C(=O)O[C@@H]2/C=C(\C)[C@H](O)C/C=C(\C)C[C@@H](OC(=O)/C(C)=C\C)[C@H]12. The van der Waals surface area contributed by atoms with Gasteiger partial charge in [-0.3, -0.25) is 0 Å². The number of ether oxygens (including phenoxy) is 2. The Hall–Kier alpha value is -2.14. The molecule has 1 aliphatic heterocycles. The maximum Gasteiger partial charge on any atom is 0.334 e. The van der Waals surface area contributed by atoms with E-state index in [-0.39, 0.29) is 0 Å². The summed E-state index contributed by atoms with van der Waals surface area (Å²) in [6.07, 6.45) is 4.51. The molecule has 1 heterocycles. The molecule has 5 heteroatoms. The average molecular weight is 346 g/mol. The van der Waals surface area contributed by atoms with E-state index in [0.29, 0.717) is 24.0 Å². The number of hydrogen-bond donors (Lipinski definition) is 1. The van der Waals surface area contributed by atoms with Gasteiger partial charge in [-0.2, -0.15) is 0 Å². The molecule has 136 valence electrons. The van der Waals surface area contributed by atoms with Crippen LogP contribution in [0, 0.1) is 5.92 Å². The van der Waals surface area contributed by atoms with Crippen molar-refractivity contribution >= 4 is 11.9 Å². The van der Waals surface area contributed by atoms with Crippen LogP contribution in [0.1, 0.15) is 40.5 Å². The number of esters is 2. The predicted molar refractivity (Wildman–Crippen MR) is 94.6 cm³/mol. The summed E-state index contributed by atoms with van der Waals surface area (Å²) >= 11 is 0. The second-order valence-corrected chi connectivity index (χ2v) is 6.75. The molecule has 0 spiro atoms. The lowest BCUT2D eigenvalue weighted by atomic mass is 9.85. The maximum atomic E-state index is 12.3. The van der Waals surface area contributed by atoms with Crippen molar-refractivity contribution in [2.45, 2.75) is 58.8 Å². The van der Waals surface area contributed by atoms with Crippen molar-refractivity contribution in [3.05, 3.63) is 47.1 Å². The van der Waals surface area contributed by atoms with Crippen LogP contribution in [0.3, 0.4) is 0 Å². The van der Waals surface area contributed by atoms with Gasteiger partial charge in [-0.25, -0.2) is 9.59 Å². The molecule has 0 saturated carbocycles. The molecule has 1 N–H and O–H groups in total. The summed E-state index contributed by atoms with van der Waals surface area (Å²) in [6, 6.07) is 0. The number of hydrogen-bond acceptors (Lipinski definition) is 5. The van der Waals surface area contributed by atoms with Gasteiger partial charge in [-0.05, 0) is 45.8 Å². The molecule has 1 saturated heterocycles. The monoisotopic (exact) mass is 346 g/mol. The lowest BCUT2D eigenvalue weighted by Crippen LogP contribution is -2.34. The summed E-state index contributed by atoms with van der Waals surface area (Å²) < 4.78 is 11.1. The maximum absolute atomic E-state index is 12.3.